The molecular formula is C33H40O21. The molecule has 0 amide bonds. The minimum Gasteiger partial charge on any atom is -0.504 e. The molecule has 1 aromatic rings. The lowest BCUT2D eigenvalue weighted by molar-refractivity contribution is -0.318. The van der Waals surface area contributed by atoms with Crippen molar-refractivity contribution in [1.29, 1.82) is 0 Å². The van der Waals surface area contributed by atoms with E-state index in [9.17, 15) is 71.2 Å². The molecule has 21 heteroatoms. The lowest BCUT2D eigenvalue weighted by Crippen LogP contribution is -2.61. The van der Waals surface area contributed by atoms with Gasteiger partial charge in [-0.05, 0) is 25.1 Å². The van der Waals surface area contributed by atoms with Crippen LogP contribution in [0.25, 0.3) is 22.6 Å². The van der Waals surface area contributed by atoms with Crippen molar-refractivity contribution < 1.29 is 99.2 Å². The number of ether oxygens (including phenoxy) is 6. The lowest BCUT2D eigenvalue weighted by Gasteiger charge is -2.42. The summed E-state index contributed by atoms with van der Waals surface area (Å²) in [5.74, 6) is -3.88. The molecular weight excluding hydrogens is 732 g/mol. The van der Waals surface area contributed by atoms with Crippen molar-refractivity contribution in [3.63, 3.8) is 0 Å². The molecule has 54 heavy (non-hydrogen) atoms. The van der Waals surface area contributed by atoms with Crippen LogP contribution in [0.15, 0.2) is 39.5 Å². The Labute approximate surface area is 303 Å². The number of aliphatic hydroxyl groups is 10. The third-order valence-corrected chi connectivity index (χ3v) is 9.37. The predicted molar refractivity (Wildman–Crippen MR) is 172 cm³/mol. The predicted octanol–water partition coefficient (Wildman–Crippen LogP) is -4.26. The number of phenols is 3. The fourth-order valence-electron chi connectivity index (χ4n) is 6.17. The maximum Gasteiger partial charge on any atom is 0.229 e. The van der Waals surface area contributed by atoms with Gasteiger partial charge in [-0.2, -0.15) is 0 Å². The second kappa shape index (κ2) is 15.7. The quantitative estimate of drug-likeness (QED) is 0.0916. The summed E-state index contributed by atoms with van der Waals surface area (Å²) in [6, 6.07) is 5.04. The van der Waals surface area contributed by atoms with Crippen LogP contribution in [0.4, 0.5) is 0 Å². The third kappa shape index (κ3) is 7.52. The smallest absolute Gasteiger partial charge is 0.229 e. The van der Waals surface area contributed by atoms with E-state index in [1.165, 1.54) is 6.92 Å². The highest BCUT2D eigenvalue weighted by Gasteiger charge is 2.48. The molecule has 0 unspecified atom stereocenters. The lowest BCUT2D eigenvalue weighted by atomic mass is 9.98. The molecule has 3 fully saturated rings. The summed E-state index contributed by atoms with van der Waals surface area (Å²) in [5.41, 5.74) is -1.20. The molecule has 0 radical (unpaired) electrons. The maximum absolute atomic E-state index is 13.4. The SMILES string of the molecule is C[C@@H]1O[C@@H](OC[C@H]2O[C@@H](Oc3cc4c(=O)cc(O[C@@H]5O[C@H](CO)[C@@H](O)[C@H](O)[C@H]5O)cc-4oc3-c3cc(O)c(O)c(O)c3)[C@H](O)[C@@H](O)[C@@H]2O)[C@H](O)[C@H](O)[C@H]1O. The highest BCUT2D eigenvalue weighted by Crippen LogP contribution is 2.44. The molecule has 4 heterocycles. The van der Waals surface area contributed by atoms with Crippen LogP contribution < -0.4 is 14.9 Å². The van der Waals surface area contributed by atoms with Crippen molar-refractivity contribution in [2.24, 2.45) is 0 Å². The van der Waals surface area contributed by atoms with Crippen molar-refractivity contribution in [3.8, 4) is 51.4 Å². The Hall–Kier alpha value is -3.91. The number of rotatable bonds is 9. The van der Waals surface area contributed by atoms with E-state index >= 15 is 0 Å². The van der Waals surface area contributed by atoms with Gasteiger partial charge in [-0.25, -0.2) is 0 Å². The molecule has 1 aliphatic carbocycles. The van der Waals surface area contributed by atoms with Crippen LogP contribution in [-0.4, -0.2) is 172 Å². The number of hydrogen-bond donors (Lipinski definition) is 13. The molecule has 5 aliphatic rings. The highest BCUT2D eigenvalue weighted by molar-refractivity contribution is 5.75. The van der Waals surface area contributed by atoms with Gasteiger partial charge >= 0.3 is 0 Å². The Bertz CT molecular complexity index is 1780. The van der Waals surface area contributed by atoms with Gasteiger partial charge in [0.15, 0.2) is 40.5 Å². The highest BCUT2D eigenvalue weighted by atomic mass is 16.7. The van der Waals surface area contributed by atoms with Crippen molar-refractivity contribution in [3.05, 3.63) is 40.6 Å². The summed E-state index contributed by atoms with van der Waals surface area (Å²) in [7, 11) is 0. The Morgan fingerprint density at radius 3 is 1.81 bits per heavy atom. The first-order valence-corrected chi connectivity index (χ1v) is 16.5. The van der Waals surface area contributed by atoms with E-state index in [2.05, 4.69) is 0 Å². The minimum absolute atomic E-state index is 0.184. The average Bonchev–Trinajstić information content (AvgIpc) is 3.14. The zero-order chi connectivity index (χ0) is 39.3. The topological polar surface area (TPSA) is 349 Å². The van der Waals surface area contributed by atoms with E-state index < -0.39 is 134 Å². The standard InChI is InChI=1S/C33H40O21/c1-9-20(38)24(42)27(45)31(49-9)48-8-19-23(41)26(44)29(47)33(54-19)52-17-6-12-13(35)4-11(50-32-28(46)25(43)22(40)18(7-34)53-32)5-16(12)51-30(17)10-2-14(36)21(39)15(37)3-10/h2-6,9,18-20,22-29,31-34,36-47H,7-8H2,1H3/t9-,18+,19+,20-,22+,23+,24+,25-,26-,27+,28+,29+,31+,32+,33+/m0/s1. The summed E-state index contributed by atoms with van der Waals surface area (Å²) >= 11 is 0. The van der Waals surface area contributed by atoms with Gasteiger partial charge in [-0.15, -0.1) is 0 Å². The fourth-order valence-corrected chi connectivity index (χ4v) is 6.17. The number of phenolic OH excluding ortho intramolecular Hbond substituents is 3. The molecule has 3 saturated heterocycles. The van der Waals surface area contributed by atoms with Crippen molar-refractivity contribution in [2.45, 2.75) is 99.0 Å². The number of fused-ring (bicyclic) bond motifs is 1. The van der Waals surface area contributed by atoms with Crippen LogP contribution in [0, 0.1) is 0 Å². The van der Waals surface area contributed by atoms with E-state index in [0.717, 1.165) is 30.3 Å². The molecule has 0 aromatic heterocycles. The van der Waals surface area contributed by atoms with Gasteiger partial charge in [0.2, 0.25) is 12.6 Å². The summed E-state index contributed by atoms with van der Waals surface area (Å²) < 4.78 is 39.3. The molecule has 298 valence electrons. The monoisotopic (exact) mass is 772 g/mol. The van der Waals surface area contributed by atoms with Gasteiger partial charge in [0.05, 0.1) is 24.9 Å². The van der Waals surface area contributed by atoms with Gasteiger partial charge in [0.1, 0.15) is 78.7 Å². The van der Waals surface area contributed by atoms with Gasteiger partial charge < -0.3 is 99.2 Å². The van der Waals surface area contributed by atoms with Gasteiger partial charge in [0.25, 0.3) is 0 Å². The van der Waals surface area contributed by atoms with Gasteiger partial charge in [-0.1, -0.05) is 0 Å². The molecule has 1 aromatic carbocycles. The number of benzene rings is 2. The van der Waals surface area contributed by atoms with Crippen molar-refractivity contribution in [2.75, 3.05) is 13.2 Å². The Morgan fingerprint density at radius 2 is 1.19 bits per heavy atom. The van der Waals surface area contributed by atoms with E-state index in [1.54, 1.807) is 0 Å². The summed E-state index contributed by atoms with van der Waals surface area (Å²) in [6.45, 7) is 0.0323. The van der Waals surface area contributed by atoms with Gasteiger partial charge in [-0.3, -0.25) is 4.79 Å². The van der Waals surface area contributed by atoms with Crippen molar-refractivity contribution >= 4 is 0 Å². The summed E-state index contributed by atoms with van der Waals surface area (Å²) in [6.07, 6.45) is -24.7. The van der Waals surface area contributed by atoms with Gasteiger partial charge in [0, 0.05) is 17.7 Å². The van der Waals surface area contributed by atoms with Crippen LogP contribution in [0.3, 0.4) is 0 Å². The van der Waals surface area contributed by atoms with E-state index in [1.807, 2.05) is 0 Å². The van der Waals surface area contributed by atoms with Crippen LogP contribution in [-0.2, 0) is 18.9 Å². The minimum atomic E-state index is -1.98. The van der Waals surface area contributed by atoms with E-state index in [0.29, 0.717) is 0 Å². The first-order chi connectivity index (χ1) is 25.5. The average molecular weight is 773 g/mol. The third-order valence-electron chi connectivity index (χ3n) is 9.37. The maximum atomic E-state index is 13.4. The Kier molecular flexibility index (Phi) is 11.5. The first kappa shape index (κ1) is 39.8. The summed E-state index contributed by atoms with van der Waals surface area (Å²) in [4.78, 5) is 13.4. The molecule has 6 rings (SSSR count). The van der Waals surface area contributed by atoms with Crippen LogP contribution in [0.1, 0.15) is 6.92 Å². The van der Waals surface area contributed by atoms with Crippen LogP contribution in [0.5, 0.6) is 28.7 Å². The van der Waals surface area contributed by atoms with Crippen LogP contribution >= 0.6 is 0 Å². The first-order valence-electron chi connectivity index (χ1n) is 16.5. The van der Waals surface area contributed by atoms with E-state index in [4.69, 9.17) is 32.8 Å². The molecule has 4 aliphatic heterocycles. The Morgan fingerprint density at radius 1 is 0.630 bits per heavy atom. The molecule has 0 spiro atoms. The zero-order valence-corrected chi connectivity index (χ0v) is 28.0. The number of aromatic hydroxyl groups is 3. The second-order valence-electron chi connectivity index (χ2n) is 13.1. The Balaban J connectivity index is 1.32. The zero-order valence-electron chi connectivity index (χ0n) is 28.0. The van der Waals surface area contributed by atoms with E-state index in [-0.39, 0.29) is 28.4 Å². The largest absolute Gasteiger partial charge is 0.504 e. The second-order valence-corrected chi connectivity index (χ2v) is 13.1. The molecule has 15 atom stereocenters. The normalized spacial score (nSPS) is 37.3. The van der Waals surface area contributed by atoms with Crippen LogP contribution in [0.2, 0.25) is 0 Å². The molecule has 0 bridgehead atoms. The molecule has 21 nitrogen and oxygen atoms in total. The van der Waals surface area contributed by atoms with Crippen molar-refractivity contribution in [1.82, 2.24) is 0 Å². The summed E-state index contributed by atoms with van der Waals surface area (Å²) in [5, 5.41) is 133. The molecule has 13 N–H and O–H groups in total. The number of hydrogen-bond acceptors (Lipinski definition) is 21. The fraction of sp³-hybridized carbons (Fsp3) is 0.545. The number of aliphatic hydroxyl groups excluding tert-OH is 10. The molecule has 0 saturated carbocycles.